The van der Waals surface area contributed by atoms with Gasteiger partial charge in [0.1, 0.15) is 30.5 Å². The highest BCUT2D eigenvalue weighted by Crippen LogP contribution is 2.38. The van der Waals surface area contributed by atoms with E-state index in [0.29, 0.717) is 31.7 Å². The Hall–Kier alpha value is -2.55. The van der Waals surface area contributed by atoms with Gasteiger partial charge in [0.25, 0.3) is 0 Å². The van der Waals surface area contributed by atoms with Crippen LogP contribution in [0, 0.1) is 17.7 Å². The van der Waals surface area contributed by atoms with Gasteiger partial charge in [0.05, 0.1) is 6.10 Å². The number of nitrogens with zero attached hydrogens (tertiary/aromatic N) is 5. The van der Waals surface area contributed by atoms with E-state index in [2.05, 4.69) is 15.5 Å². The molecule has 138 valence electrons. The fourth-order valence-electron chi connectivity index (χ4n) is 3.90. The molecule has 1 amide bonds. The van der Waals surface area contributed by atoms with Gasteiger partial charge < -0.3 is 14.7 Å². The fourth-order valence-corrected chi connectivity index (χ4v) is 3.90. The predicted octanol–water partition coefficient (Wildman–Crippen LogP) is 0.489. The molecular formula is C17H20FN5O3. The van der Waals surface area contributed by atoms with Gasteiger partial charge in [-0.3, -0.25) is 4.79 Å². The summed E-state index contributed by atoms with van der Waals surface area (Å²) in [6, 6.07) is 5.79. The lowest BCUT2D eigenvalue weighted by molar-refractivity contribution is -0.131. The van der Waals surface area contributed by atoms with Crippen molar-refractivity contribution < 1.29 is 19.0 Å². The van der Waals surface area contributed by atoms with Crippen LogP contribution in [0.1, 0.15) is 12.8 Å². The van der Waals surface area contributed by atoms with E-state index in [1.165, 1.54) is 23.1 Å². The highest BCUT2D eigenvalue weighted by Gasteiger charge is 2.43. The van der Waals surface area contributed by atoms with Crippen molar-refractivity contribution in [2.75, 3.05) is 13.1 Å². The molecule has 4 rings (SSSR count). The number of aliphatic hydroxyl groups is 1. The van der Waals surface area contributed by atoms with Crippen LogP contribution in [0.3, 0.4) is 0 Å². The molecule has 0 bridgehead atoms. The lowest BCUT2D eigenvalue weighted by atomic mass is 9.78. The summed E-state index contributed by atoms with van der Waals surface area (Å²) in [6.45, 7) is 1.39. The summed E-state index contributed by atoms with van der Waals surface area (Å²) in [5.41, 5.74) is 0. The Morgan fingerprint density at radius 2 is 1.96 bits per heavy atom. The summed E-state index contributed by atoms with van der Waals surface area (Å²) in [5.74, 6) is 0.724. The third kappa shape index (κ3) is 3.52. The second kappa shape index (κ2) is 6.99. The van der Waals surface area contributed by atoms with Crippen LogP contribution in [-0.2, 0) is 11.3 Å². The van der Waals surface area contributed by atoms with Crippen LogP contribution in [-0.4, -0.2) is 61.4 Å². The molecule has 26 heavy (non-hydrogen) atoms. The molecule has 8 nitrogen and oxygen atoms in total. The van der Waals surface area contributed by atoms with Gasteiger partial charge in [-0.2, -0.15) is 0 Å². The van der Waals surface area contributed by atoms with Crippen molar-refractivity contribution in [2.45, 2.75) is 31.6 Å². The molecule has 9 heteroatoms. The Labute approximate surface area is 149 Å². The molecule has 2 aliphatic rings. The number of halogens is 1. The number of fused-ring (bicyclic) bond motifs is 1. The average molecular weight is 361 g/mol. The molecule has 1 saturated heterocycles. The van der Waals surface area contributed by atoms with Gasteiger partial charge >= 0.3 is 0 Å². The number of rotatable bonds is 4. The number of amides is 1. The summed E-state index contributed by atoms with van der Waals surface area (Å²) in [4.78, 5) is 14.2. The number of aliphatic hydroxyl groups excluding tert-OH is 1. The van der Waals surface area contributed by atoms with Crippen LogP contribution < -0.4 is 4.74 Å². The third-order valence-electron chi connectivity index (χ3n) is 5.23. The van der Waals surface area contributed by atoms with Crippen molar-refractivity contribution in [1.29, 1.82) is 0 Å². The van der Waals surface area contributed by atoms with Gasteiger partial charge in [-0.25, -0.2) is 9.07 Å². The first kappa shape index (κ1) is 16.9. The number of ether oxygens (including phenoxy) is 1. The average Bonchev–Trinajstić information content (AvgIpc) is 3.26. The van der Waals surface area contributed by atoms with Crippen molar-refractivity contribution in [2.24, 2.45) is 11.8 Å². The van der Waals surface area contributed by atoms with Gasteiger partial charge in [0.15, 0.2) is 0 Å². The first-order valence-corrected chi connectivity index (χ1v) is 8.67. The van der Waals surface area contributed by atoms with Crippen molar-refractivity contribution in [3.63, 3.8) is 0 Å². The summed E-state index contributed by atoms with van der Waals surface area (Å²) in [7, 11) is 0. The molecule has 1 saturated carbocycles. The van der Waals surface area contributed by atoms with Crippen LogP contribution in [0.25, 0.3) is 0 Å². The number of benzene rings is 1. The van der Waals surface area contributed by atoms with Gasteiger partial charge in [0, 0.05) is 13.1 Å². The van der Waals surface area contributed by atoms with Gasteiger partial charge in [-0.15, -0.1) is 5.10 Å². The number of hydrogen-bond acceptors (Lipinski definition) is 6. The first-order valence-electron chi connectivity index (χ1n) is 8.67. The van der Waals surface area contributed by atoms with Crippen LogP contribution in [0.5, 0.6) is 5.75 Å². The summed E-state index contributed by atoms with van der Waals surface area (Å²) >= 11 is 0. The van der Waals surface area contributed by atoms with Crippen LogP contribution in [0.4, 0.5) is 4.39 Å². The quantitative estimate of drug-likeness (QED) is 0.852. The van der Waals surface area contributed by atoms with Gasteiger partial charge in [-0.05, 0) is 59.4 Å². The minimum atomic E-state index is -0.601. The first-order chi connectivity index (χ1) is 12.6. The highest BCUT2D eigenvalue weighted by molar-refractivity contribution is 5.76. The molecular weight excluding hydrogens is 341 g/mol. The third-order valence-corrected chi connectivity index (χ3v) is 5.23. The maximum absolute atomic E-state index is 13.0. The Morgan fingerprint density at radius 3 is 2.65 bits per heavy atom. The van der Waals surface area contributed by atoms with E-state index in [-0.39, 0.29) is 36.2 Å². The second-order valence-electron chi connectivity index (χ2n) is 6.98. The monoisotopic (exact) mass is 361 g/mol. The normalized spacial score (nSPS) is 28.0. The smallest absolute Gasteiger partial charge is 0.244 e. The standard InChI is InChI=1S/C17H20FN5O3/c18-13-1-3-14(4-2-13)26-16-6-12-8-22(7-11(12)5-15(16)24)17(25)9-23-10-19-20-21-23/h1-4,10-12,15-16,24H,5-9H2/t11-,12+,15+,16+/m0/s1. The Balaban J connectivity index is 1.37. The predicted molar refractivity (Wildman–Crippen MR) is 87.4 cm³/mol. The number of aromatic nitrogens is 4. The Kier molecular flexibility index (Phi) is 4.54. The second-order valence-corrected chi connectivity index (χ2v) is 6.98. The lowest BCUT2D eigenvalue weighted by Crippen LogP contribution is -2.42. The summed E-state index contributed by atoms with van der Waals surface area (Å²) < 4.78 is 20.3. The number of carbonyl (C=O) groups is 1. The zero-order chi connectivity index (χ0) is 18.1. The van der Waals surface area contributed by atoms with Crippen molar-refractivity contribution in [3.8, 4) is 5.75 Å². The van der Waals surface area contributed by atoms with E-state index >= 15 is 0 Å². The molecule has 2 fully saturated rings. The van der Waals surface area contributed by atoms with E-state index in [0.717, 1.165) is 0 Å². The largest absolute Gasteiger partial charge is 0.488 e. The van der Waals surface area contributed by atoms with Gasteiger partial charge in [0.2, 0.25) is 5.91 Å². The zero-order valence-corrected chi connectivity index (χ0v) is 14.1. The molecule has 0 radical (unpaired) electrons. The van der Waals surface area contributed by atoms with Crippen molar-refractivity contribution in [3.05, 3.63) is 36.4 Å². The topological polar surface area (TPSA) is 93.4 Å². The van der Waals surface area contributed by atoms with Crippen LogP contribution in [0.15, 0.2) is 30.6 Å². The van der Waals surface area contributed by atoms with E-state index in [9.17, 15) is 14.3 Å². The fraction of sp³-hybridized carbons (Fsp3) is 0.529. The molecule has 1 aromatic heterocycles. The van der Waals surface area contributed by atoms with Crippen LogP contribution in [0.2, 0.25) is 0 Å². The molecule has 4 atom stereocenters. The van der Waals surface area contributed by atoms with E-state index in [1.807, 2.05) is 4.90 Å². The van der Waals surface area contributed by atoms with E-state index in [1.54, 1.807) is 12.1 Å². The number of tetrazole rings is 1. The molecule has 2 aromatic rings. The molecule has 0 spiro atoms. The lowest BCUT2D eigenvalue weighted by Gasteiger charge is -2.35. The maximum atomic E-state index is 13.0. The number of hydrogen-bond donors (Lipinski definition) is 1. The molecule has 1 aliphatic carbocycles. The zero-order valence-electron chi connectivity index (χ0n) is 14.1. The van der Waals surface area contributed by atoms with E-state index < -0.39 is 6.10 Å². The van der Waals surface area contributed by atoms with Gasteiger partial charge in [-0.1, -0.05) is 0 Å². The van der Waals surface area contributed by atoms with Crippen molar-refractivity contribution in [1.82, 2.24) is 25.1 Å². The van der Waals surface area contributed by atoms with E-state index in [4.69, 9.17) is 4.74 Å². The Bertz CT molecular complexity index is 754. The Morgan fingerprint density at radius 1 is 1.23 bits per heavy atom. The molecule has 0 unspecified atom stereocenters. The summed E-state index contributed by atoms with van der Waals surface area (Å²) in [5, 5.41) is 21.2. The minimum absolute atomic E-state index is 0.0304. The maximum Gasteiger partial charge on any atom is 0.244 e. The number of carbonyl (C=O) groups excluding carboxylic acids is 1. The number of likely N-dealkylation sites (tertiary alicyclic amines) is 1. The molecule has 1 N–H and O–H groups in total. The van der Waals surface area contributed by atoms with Crippen molar-refractivity contribution >= 4 is 5.91 Å². The molecule has 2 heterocycles. The summed E-state index contributed by atoms with van der Waals surface area (Å²) in [6.07, 6.45) is 1.72. The molecule has 1 aliphatic heterocycles. The van der Waals surface area contributed by atoms with Crippen LogP contribution >= 0.6 is 0 Å². The minimum Gasteiger partial charge on any atom is -0.488 e. The highest BCUT2D eigenvalue weighted by atomic mass is 19.1. The molecule has 1 aromatic carbocycles. The SMILES string of the molecule is O=C(Cn1cnnn1)N1C[C@H]2C[C@@H](Oc3ccc(F)cc3)[C@H](O)C[C@H]2C1.